The van der Waals surface area contributed by atoms with Crippen molar-refractivity contribution in [2.24, 2.45) is 0 Å². The fourth-order valence-electron chi connectivity index (χ4n) is 0.200. The number of carboxylic acid groups (broad SMARTS) is 1. The lowest BCUT2D eigenvalue weighted by molar-refractivity contribution is -0.122. The van der Waals surface area contributed by atoms with Crippen LogP contribution >= 0.6 is 34.8 Å². The van der Waals surface area contributed by atoms with E-state index in [2.05, 4.69) is 0 Å². The van der Waals surface area contributed by atoms with Gasteiger partial charge in [-0.25, -0.2) is 0 Å². The molecule has 0 aliphatic carbocycles. The summed E-state index contributed by atoms with van der Waals surface area (Å²) in [6.45, 7) is -0.250. The Bertz CT molecular complexity index is 83.0. The third-order valence-electron chi connectivity index (χ3n) is 0.723. The summed E-state index contributed by atoms with van der Waals surface area (Å²) >= 11 is 16.0. The van der Waals surface area contributed by atoms with Crippen LogP contribution < -0.4 is 0 Å². The van der Waals surface area contributed by atoms with Gasteiger partial charge in [-0.05, 0) is 0 Å². The molecule has 0 rings (SSSR count). The van der Waals surface area contributed by atoms with E-state index >= 15 is 0 Å². The fraction of sp³-hybridized carbons (Fsp3) is 0.800. The first-order chi connectivity index (χ1) is 5.13. The Kier molecular flexibility index (Phi) is 13.0. The van der Waals surface area contributed by atoms with Gasteiger partial charge < -0.3 is 10.2 Å². The molecule has 3 nitrogen and oxygen atoms in total. The van der Waals surface area contributed by atoms with E-state index in [1.54, 1.807) is 0 Å². The topological polar surface area (TPSA) is 57.5 Å². The zero-order valence-corrected chi connectivity index (χ0v) is 7.85. The Labute approximate surface area is 79.9 Å². The van der Waals surface area contributed by atoms with Crippen molar-refractivity contribution in [3.8, 4) is 0 Å². The molecule has 2 unspecified atom stereocenters. The predicted molar refractivity (Wildman–Crippen MR) is 45.8 cm³/mol. The molecule has 0 aliphatic heterocycles. The summed E-state index contributed by atoms with van der Waals surface area (Å²) < 4.78 is 0. The van der Waals surface area contributed by atoms with E-state index in [1.807, 2.05) is 0 Å². The smallest absolute Gasteiger partial charge is 0.290 e. The number of aliphatic hydroxyl groups excluding tert-OH is 1. The summed E-state index contributed by atoms with van der Waals surface area (Å²) in [5.74, 6) is 0.371. The van der Waals surface area contributed by atoms with Crippen LogP contribution in [0.3, 0.4) is 0 Å². The van der Waals surface area contributed by atoms with Crippen LogP contribution in [-0.2, 0) is 4.79 Å². The monoisotopic (exact) mass is 222 g/mol. The van der Waals surface area contributed by atoms with Crippen molar-refractivity contribution in [2.75, 3.05) is 11.8 Å². The quantitative estimate of drug-likeness (QED) is 0.557. The second-order valence-corrected chi connectivity index (χ2v) is 2.68. The molecule has 0 spiro atoms. The van der Waals surface area contributed by atoms with Crippen LogP contribution in [0, 0.1) is 0 Å². The number of aliphatic hydroxyl groups is 1. The minimum Gasteiger partial charge on any atom is -0.483 e. The zero-order chi connectivity index (χ0) is 9.28. The van der Waals surface area contributed by atoms with E-state index < -0.39 is 11.5 Å². The van der Waals surface area contributed by atoms with Crippen LogP contribution in [-0.4, -0.2) is 39.9 Å². The molecule has 11 heavy (non-hydrogen) atoms. The van der Waals surface area contributed by atoms with E-state index in [-0.39, 0.29) is 18.2 Å². The molecular formula is C5H9Cl3O3. The fourth-order valence-corrected chi connectivity index (χ4v) is 0.801. The van der Waals surface area contributed by atoms with Gasteiger partial charge in [-0.3, -0.25) is 4.79 Å². The van der Waals surface area contributed by atoms with Crippen LogP contribution in [0.4, 0.5) is 0 Å². The predicted octanol–water partition coefficient (Wildman–Crippen LogP) is 1.13. The van der Waals surface area contributed by atoms with Crippen LogP contribution in [0.25, 0.3) is 0 Å². The van der Waals surface area contributed by atoms with Crippen molar-refractivity contribution < 1.29 is 15.0 Å². The second-order valence-electron chi connectivity index (χ2n) is 1.50. The Balaban J connectivity index is 0. The van der Waals surface area contributed by atoms with Crippen LogP contribution in [0.2, 0.25) is 0 Å². The second kappa shape index (κ2) is 10.3. The maximum absolute atomic E-state index is 8.78. The maximum Gasteiger partial charge on any atom is 0.290 e. The molecule has 0 saturated carbocycles. The Morgan fingerprint density at radius 1 is 1.36 bits per heavy atom. The molecule has 0 heterocycles. The molecular weight excluding hydrogens is 214 g/mol. The molecule has 0 aromatic heterocycles. The first-order valence-electron chi connectivity index (χ1n) is 2.65. The van der Waals surface area contributed by atoms with E-state index in [0.717, 1.165) is 0 Å². The van der Waals surface area contributed by atoms with Crippen molar-refractivity contribution in [3.63, 3.8) is 0 Å². The molecule has 6 heteroatoms. The highest BCUT2D eigenvalue weighted by Gasteiger charge is 2.12. The highest BCUT2D eigenvalue weighted by molar-refractivity contribution is 6.29. The lowest BCUT2D eigenvalue weighted by Gasteiger charge is -2.09. The molecule has 68 valence electrons. The van der Waals surface area contributed by atoms with Crippen LogP contribution in [0.1, 0.15) is 0 Å². The number of alkyl halides is 3. The summed E-state index contributed by atoms with van der Waals surface area (Å²) in [6.07, 6.45) is -0.684. The number of hydrogen-bond acceptors (Lipinski definition) is 2. The van der Waals surface area contributed by atoms with Gasteiger partial charge in [-0.1, -0.05) is 0 Å². The van der Waals surface area contributed by atoms with E-state index in [9.17, 15) is 0 Å². The summed E-state index contributed by atoms with van der Waals surface area (Å²) in [4.78, 5) is 8.36. The minimum atomic E-state index is -0.684. The average Bonchev–Trinajstić information content (AvgIpc) is 2.03. The summed E-state index contributed by atoms with van der Waals surface area (Å²) in [5.41, 5.74) is 0. The first-order valence-corrected chi connectivity index (χ1v) is 4.16. The van der Waals surface area contributed by atoms with Crippen molar-refractivity contribution in [1.29, 1.82) is 0 Å². The van der Waals surface area contributed by atoms with Gasteiger partial charge >= 0.3 is 0 Å². The molecule has 0 saturated heterocycles. The van der Waals surface area contributed by atoms with E-state index in [0.29, 0.717) is 0 Å². The molecule has 0 aliphatic rings. The van der Waals surface area contributed by atoms with Gasteiger partial charge in [0.2, 0.25) is 0 Å². The van der Waals surface area contributed by atoms with Gasteiger partial charge in [-0.2, -0.15) is 0 Å². The van der Waals surface area contributed by atoms with Crippen molar-refractivity contribution in [3.05, 3.63) is 0 Å². The Morgan fingerprint density at radius 3 is 1.82 bits per heavy atom. The Hall–Kier alpha value is 0.300. The minimum absolute atomic E-state index is 0.140. The maximum atomic E-state index is 8.78. The molecule has 0 bridgehead atoms. The van der Waals surface area contributed by atoms with Gasteiger partial charge in [-0.15, -0.1) is 34.8 Å². The number of hydrogen-bond donors (Lipinski definition) is 2. The molecule has 0 amide bonds. The highest BCUT2D eigenvalue weighted by atomic mass is 35.5. The summed E-state index contributed by atoms with van der Waals surface area (Å²) in [6, 6.07) is 0. The summed E-state index contributed by atoms with van der Waals surface area (Å²) in [5, 5.41) is 15.2. The first kappa shape index (κ1) is 13.9. The lowest BCUT2D eigenvalue weighted by Crippen LogP contribution is -2.23. The molecule has 0 radical (unpaired) electrons. The van der Waals surface area contributed by atoms with Gasteiger partial charge in [0.1, 0.15) is 0 Å². The third kappa shape index (κ3) is 10.3. The zero-order valence-electron chi connectivity index (χ0n) is 5.58. The van der Waals surface area contributed by atoms with Crippen LogP contribution in [0.15, 0.2) is 0 Å². The van der Waals surface area contributed by atoms with E-state index in [4.69, 9.17) is 49.8 Å². The summed E-state index contributed by atoms with van der Waals surface area (Å²) in [7, 11) is 0. The molecule has 2 N–H and O–H groups in total. The van der Waals surface area contributed by atoms with Crippen molar-refractivity contribution in [2.45, 2.75) is 11.5 Å². The lowest BCUT2D eigenvalue weighted by atomic mass is 10.3. The van der Waals surface area contributed by atoms with Gasteiger partial charge in [0.15, 0.2) is 0 Å². The van der Waals surface area contributed by atoms with Gasteiger partial charge in [0.25, 0.3) is 6.47 Å². The SMILES string of the molecule is O=CO.OC(CCl)C(Cl)CCl. The van der Waals surface area contributed by atoms with Crippen molar-refractivity contribution in [1.82, 2.24) is 0 Å². The van der Waals surface area contributed by atoms with Gasteiger partial charge in [0.05, 0.1) is 11.5 Å². The largest absolute Gasteiger partial charge is 0.483 e. The van der Waals surface area contributed by atoms with Gasteiger partial charge in [0, 0.05) is 11.8 Å². The standard InChI is InChI=1S/C4H7Cl3O.CH2O2/c5-1-3(7)4(8)2-6;2-1-3/h3-4,8H,1-2H2;1H,(H,2,3). The number of carbonyl (C=O) groups is 1. The molecule has 0 fully saturated rings. The average molecular weight is 223 g/mol. The van der Waals surface area contributed by atoms with Crippen molar-refractivity contribution >= 4 is 41.3 Å². The van der Waals surface area contributed by atoms with Crippen LogP contribution in [0.5, 0.6) is 0 Å². The molecule has 0 aromatic carbocycles. The Morgan fingerprint density at radius 2 is 1.73 bits per heavy atom. The third-order valence-corrected chi connectivity index (χ3v) is 1.97. The number of rotatable bonds is 3. The molecule has 2 atom stereocenters. The normalized spacial score (nSPS) is 14.2. The highest BCUT2D eigenvalue weighted by Crippen LogP contribution is 2.05. The molecule has 0 aromatic rings. The van der Waals surface area contributed by atoms with E-state index in [1.165, 1.54) is 0 Å². The number of halogens is 3.